The number of aliphatic hydroxyl groups excluding tert-OH is 2. The monoisotopic (exact) mass is 658 g/mol. The Morgan fingerprint density at radius 2 is 1.20 bits per heavy atom. The van der Waals surface area contributed by atoms with Crippen LogP contribution in [-0.4, -0.2) is 109 Å². The average Bonchev–Trinajstić information content (AvgIpc) is 3.73. The summed E-state index contributed by atoms with van der Waals surface area (Å²) in [4.78, 5) is 45.5. The van der Waals surface area contributed by atoms with Crippen LogP contribution in [0.3, 0.4) is 0 Å². The van der Waals surface area contributed by atoms with E-state index >= 15 is 0 Å². The number of nitrogen functional groups attached to an aromatic ring is 2. The Labute approximate surface area is 244 Å². The number of aromatic nitrogens is 8. The Balaban J connectivity index is 1.20. The van der Waals surface area contributed by atoms with Crippen molar-refractivity contribution in [3.8, 4) is 0 Å². The van der Waals surface area contributed by atoms with Gasteiger partial charge >= 0.3 is 15.2 Å². The number of ether oxygens (including phenoxy) is 4. The zero-order chi connectivity index (χ0) is 31.0. The fourth-order valence-electron chi connectivity index (χ4n) is 5.08. The van der Waals surface area contributed by atoms with Crippen molar-refractivity contribution in [3.05, 3.63) is 25.3 Å². The number of fused-ring (bicyclic) bond motifs is 5. The van der Waals surface area contributed by atoms with E-state index < -0.39 is 77.3 Å². The summed E-state index contributed by atoms with van der Waals surface area (Å²) in [5.74, 6) is 0.0779. The van der Waals surface area contributed by atoms with Gasteiger partial charge in [-0.15, -0.1) is 0 Å². The molecule has 0 amide bonds. The summed E-state index contributed by atoms with van der Waals surface area (Å²) in [6.45, 7) is 0. The van der Waals surface area contributed by atoms with Gasteiger partial charge in [0.1, 0.15) is 48.1 Å². The molecule has 10 atom stereocenters. The Hall–Kier alpha value is -3.24. The molecule has 2 bridgehead atoms. The summed E-state index contributed by atoms with van der Waals surface area (Å²) >= 11 is 0. The maximum Gasteiger partial charge on any atom is 0.354 e. The first-order valence-electron chi connectivity index (χ1n) is 12.7. The van der Waals surface area contributed by atoms with Crippen molar-refractivity contribution >= 4 is 49.2 Å². The van der Waals surface area contributed by atoms with Gasteiger partial charge in [-0.05, 0) is 0 Å². The smallest absolute Gasteiger partial charge is 0.354 e. The fraction of sp³-hybridized carbons (Fsp3) is 0.500. The number of rotatable bonds is 2. The van der Waals surface area contributed by atoms with E-state index in [-0.39, 0.29) is 34.0 Å². The predicted molar refractivity (Wildman–Crippen MR) is 141 cm³/mol. The fourth-order valence-corrected chi connectivity index (χ4v) is 7.09. The van der Waals surface area contributed by atoms with Gasteiger partial charge in [0.15, 0.2) is 60.7 Å². The summed E-state index contributed by atoms with van der Waals surface area (Å²) < 4.78 is 62.1. The highest BCUT2D eigenvalue weighted by Crippen LogP contribution is 2.53. The van der Waals surface area contributed by atoms with Crippen LogP contribution in [0.4, 0.5) is 11.6 Å². The number of aliphatic hydroxyl groups is 2. The topological polar surface area (TPSA) is 310 Å². The molecule has 4 aromatic rings. The molecule has 4 aromatic heterocycles. The molecule has 3 fully saturated rings. The number of hydrogen-bond donors (Lipinski definition) is 6. The molecule has 0 spiro atoms. The molecule has 0 saturated carbocycles. The summed E-state index contributed by atoms with van der Waals surface area (Å²) in [6.07, 6.45) is -10.3. The van der Waals surface area contributed by atoms with E-state index in [1.165, 1.54) is 21.8 Å². The summed E-state index contributed by atoms with van der Waals surface area (Å²) in [6, 6.07) is 0. The Bertz CT molecular complexity index is 1820. The van der Waals surface area contributed by atoms with Crippen molar-refractivity contribution in [3.63, 3.8) is 0 Å². The van der Waals surface area contributed by atoms with Crippen molar-refractivity contribution < 1.29 is 57.1 Å². The lowest BCUT2D eigenvalue weighted by Crippen LogP contribution is -2.35. The third-order valence-corrected chi connectivity index (χ3v) is 9.14. The largest absolute Gasteiger partial charge is 0.385 e. The van der Waals surface area contributed by atoms with Crippen LogP contribution in [0.1, 0.15) is 12.5 Å². The molecule has 22 nitrogen and oxygen atoms in total. The van der Waals surface area contributed by atoms with Crippen molar-refractivity contribution in [1.82, 2.24) is 39.0 Å². The van der Waals surface area contributed by atoms with E-state index in [0.717, 1.165) is 12.7 Å². The predicted octanol–water partition coefficient (Wildman–Crippen LogP) is -1.63. The van der Waals surface area contributed by atoms with Crippen molar-refractivity contribution in [1.29, 1.82) is 0 Å². The molecular formula is C20H24N10O12P2. The highest BCUT2D eigenvalue weighted by molar-refractivity contribution is 7.52. The summed E-state index contributed by atoms with van der Waals surface area (Å²) in [5, 5.41) is 22.1. The van der Waals surface area contributed by atoms with Crippen LogP contribution in [0, 0.1) is 0 Å². The highest BCUT2D eigenvalue weighted by Gasteiger charge is 2.54. The molecule has 44 heavy (non-hydrogen) atoms. The van der Waals surface area contributed by atoms with Crippen LogP contribution in [0.2, 0.25) is 0 Å². The maximum atomic E-state index is 13.3. The third kappa shape index (κ3) is 5.04. The van der Waals surface area contributed by atoms with E-state index in [4.69, 9.17) is 39.5 Å². The molecule has 0 radical (unpaired) electrons. The second-order valence-corrected chi connectivity index (χ2v) is 13.4. The van der Waals surface area contributed by atoms with E-state index in [1.54, 1.807) is 0 Å². The molecule has 0 aliphatic carbocycles. The first-order chi connectivity index (χ1) is 20.9. The second kappa shape index (κ2) is 10.7. The standard InChI is InChI=1S/C20H24N10O12P2/c21-13-7-15(25-1-23-13)29(3-27-7)17-9(31)12-20(39-17)38-6-43(33,34)41-11-10(32)19(37-5-44(35,36)42-12)40-18(11)30-4-28-8-14(22)24-2-26-16(8)30/h1-4,9-12,17-20,31-32H,5-6H2,(H,33,34)(H,35,36)(H2,21,23,25)(H2,22,24,26)/t9-,10?,11-,12?,17+,18+,19-,20-/m0/s1. The molecule has 3 saturated heterocycles. The Morgan fingerprint density at radius 1 is 0.705 bits per heavy atom. The molecule has 7 heterocycles. The lowest BCUT2D eigenvalue weighted by atomic mass is 10.2. The quantitative estimate of drug-likeness (QED) is 0.132. The van der Waals surface area contributed by atoms with Crippen LogP contribution in [0.15, 0.2) is 25.3 Å². The molecule has 7 rings (SSSR count). The van der Waals surface area contributed by atoms with Crippen molar-refractivity contribution in [2.75, 3.05) is 24.2 Å². The molecule has 3 aliphatic rings. The minimum absolute atomic E-state index is 0.0329. The normalized spacial score (nSPS) is 38.3. The highest BCUT2D eigenvalue weighted by atomic mass is 31.2. The second-order valence-electron chi connectivity index (χ2n) is 9.94. The molecule has 4 unspecified atom stereocenters. The van der Waals surface area contributed by atoms with Gasteiger partial charge in [0, 0.05) is 0 Å². The van der Waals surface area contributed by atoms with Gasteiger partial charge < -0.3 is 50.4 Å². The number of nitrogens with zero attached hydrogens (tertiary/aromatic N) is 8. The molecule has 0 aromatic carbocycles. The summed E-state index contributed by atoms with van der Waals surface area (Å²) in [5.41, 5.74) is 12.3. The van der Waals surface area contributed by atoms with Gasteiger partial charge in [0.05, 0.1) is 12.7 Å². The van der Waals surface area contributed by atoms with E-state index in [9.17, 15) is 29.1 Å². The SMILES string of the molecule is Nc1ncnc2c1ncn2[C@@H]1O[C@@H]2OCP(=O)(O)O[C@H]3C(O)[C@@H](OCP(=O)(O)OC2[C@@H]1O)O[C@H]3n1cnc2c(N)ncnc21. The first-order valence-corrected chi connectivity index (χ1v) is 16.2. The molecule has 8 N–H and O–H groups in total. The van der Waals surface area contributed by atoms with Crippen LogP contribution in [-0.2, 0) is 37.1 Å². The van der Waals surface area contributed by atoms with Crippen LogP contribution >= 0.6 is 15.2 Å². The zero-order valence-electron chi connectivity index (χ0n) is 22.0. The van der Waals surface area contributed by atoms with E-state index in [1.807, 2.05) is 0 Å². The number of hydrogen-bond acceptors (Lipinski definition) is 18. The molecule has 24 heteroatoms. The Kier molecular flexibility index (Phi) is 7.16. The maximum absolute atomic E-state index is 13.3. The lowest BCUT2D eigenvalue weighted by Gasteiger charge is -2.26. The minimum atomic E-state index is -4.79. The van der Waals surface area contributed by atoms with Crippen LogP contribution in [0.25, 0.3) is 22.3 Å². The molecule has 3 aliphatic heterocycles. The molecule has 236 valence electrons. The van der Waals surface area contributed by atoms with Gasteiger partial charge in [-0.3, -0.25) is 27.3 Å². The first kappa shape index (κ1) is 29.5. The van der Waals surface area contributed by atoms with Crippen molar-refractivity contribution in [2.45, 2.75) is 49.5 Å². The number of anilines is 2. The van der Waals surface area contributed by atoms with Gasteiger partial charge in [0.25, 0.3) is 0 Å². The molecular weight excluding hydrogens is 634 g/mol. The van der Waals surface area contributed by atoms with E-state index in [0.29, 0.717) is 0 Å². The van der Waals surface area contributed by atoms with Gasteiger partial charge in [-0.25, -0.2) is 29.9 Å². The zero-order valence-corrected chi connectivity index (χ0v) is 23.8. The van der Waals surface area contributed by atoms with Gasteiger partial charge in [0.2, 0.25) is 0 Å². The van der Waals surface area contributed by atoms with Gasteiger partial charge in [-0.1, -0.05) is 0 Å². The van der Waals surface area contributed by atoms with Gasteiger partial charge in [-0.2, -0.15) is 0 Å². The van der Waals surface area contributed by atoms with Crippen LogP contribution in [0.5, 0.6) is 0 Å². The third-order valence-electron chi connectivity index (χ3n) is 7.04. The average molecular weight is 658 g/mol. The van der Waals surface area contributed by atoms with Crippen molar-refractivity contribution in [2.24, 2.45) is 0 Å². The number of nitrogens with two attached hydrogens (primary N) is 2. The summed E-state index contributed by atoms with van der Waals surface area (Å²) in [7, 11) is -9.55. The van der Waals surface area contributed by atoms with Crippen LogP contribution < -0.4 is 11.5 Å². The Morgan fingerprint density at radius 3 is 1.80 bits per heavy atom. The van der Waals surface area contributed by atoms with E-state index in [2.05, 4.69) is 29.9 Å². The lowest BCUT2D eigenvalue weighted by molar-refractivity contribution is -0.174. The number of imidazole rings is 2. The minimum Gasteiger partial charge on any atom is -0.385 e.